The maximum absolute atomic E-state index is 8.94. The van der Waals surface area contributed by atoms with E-state index in [1.165, 1.54) is 0 Å². The first-order valence-electron chi connectivity index (χ1n) is 5.05. The zero-order valence-corrected chi connectivity index (χ0v) is 8.48. The first kappa shape index (κ1) is 9.61. The van der Waals surface area contributed by atoms with E-state index in [4.69, 9.17) is 20.3 Å². The normalized spacial score (nSPS) is 36.1. The van der Waals surface area contributed by atoms with Crippen molar-refractivity contribution in [3.05, 3.63) is 11.8 Å². The number of aliphatic hydroxyl groups excluding tert-OH is 1. The van der Waals surface area contributed by atoms with Crippen molar-refractivity contribution >= 4 is 12.3 Å². The van der Waals surface area contributed by atoms with Crippen molar-refractivity contribution in [2.45, 2.75) is 25.1 Å². The lowest BCUT2D eigenvalue weighted by Gasteiger charge is -2.24. The summed E-state index contributed by atoms with van der Waals surface area (Å²) >= 11 is 0. The molecule has 0 saturated carbocycles. The SMILES string of the molecule is NC1=NC2OC2N([C@H]2CC=C(CO)O2)C=N1. The average molecular weight is 224 g/mol. The summed E-state index contributed by atoms with van der Waals surface area (Å²) in [5.41, 5.74) is 5.52. The lowest BCUT2D eigenvalue weighted by molar-refractivity contribution is 0.00955. The Labute approximate surface area is 91.9 Å². The molecule has 3 aliphatic heterocycles. The maximum atomic E-state index is 8.94. The molecule has 3 aliphatic rings. The fourth-order valence-corrected chi connectivity index (χ4v) is 1.79. The molecule has 2 unspecified atom stereocenters. The number of aliphatic hydroxyl groups is 1. The first-order chi connectivity index (χ1) is 7.78. The van der Waals surface area contributed by atoms with E-state index in [1.54, 1.807) is 6.34 Å². The van der Waals surface area contributed by atoms with Gasteiger partial charge < -0.3 is 20.3 Å². The molecule has 0 aliphatic carbocycles. The second-order valence-corrected chi connectivity index (χ2v) is 3.73. The number of hydrogen-bond donors (Lipinski definition) is 2. The number of nitrogens with two attached hydrogens (primary N) is 1. The average Bonchev–Trinajstić information content (AvgIpc) is 2.88. The molecule has 3 rings (SSSR count). The third-order valence-corrected chi connectivity index (χ3v) is 2.65. The lowest BCUT2D eigenvalue weighted by atomic mass is 10.3. The Bertz CT molecular complexity index is 392. The van der Waals surface area contributed by atoms with E-state index in [0.29, 0.717) is 12.2 Å². The number of ether oxygens (including phenoxy) is 2. The van der Waals surface area contributed by atoms with E-state index in [-0.39, 0.29) is 31.3 Å². The summed E-state index contributed by atoms with van der Waals surface area (Å²) in [5.74, 6) is 0.789. The fraction of sp³-hybridized carbons (Fsp3) is 0.556. The van der Waals surface area contributed by atoms with Crippen LogP contribution in [0.2, 0.25) is 0 Å². The minimum atomic E-state index is -0.246. The van der Waals surface area contributed by atoms with Crippen molar-refractivity contribution in [3.63, 3.8) is 0 Å². The van der Waals surface area contributed by atoms with E-state index in [0.717, 1.165) is 0 Å². The highest BCUT2D eigenvalue weighted by atomic mass is 16.6. The molecule has 7 heteroatoms. The molecule has 0 aromatic carbocycles. The molecule has 1 saturated heterocycles. The Balaban J connectivity index is 1.71. The van der Waals surface area contributed by atoms with Crippen molar-refractivity contribution < 1.29 is 14.6 Å². The molecule has 3 N–H and O–H groups in total. The van der Waals surface area contributed by atoms with Crippen molar-refractivity contribution in [1.29, 1.82) is 0 Å². The van der Waals surface area contributed by atoms with E-state index >= 15 is 0 Å². The predicted octanol–water partition coefficient (Wildman–Crippen LogP) is -1.05. The molecule has 0 bridgehead atoms. The van der Waals surface area contributed by atoms with Crippen molar-refractivity contribution in [2.75, 3.05) is 6.61 Å². The van der Waals surface area contributed by atoms with E-state index in [2.05, 4.69) is 9.98 Å². The standard InChI is InChI=1S/C9H12N4O3/c10-9-11-4-13(8-7(12-9)16-8)6-2-1-5(3-14)15-6/h1,4,6-8,14H,2-3H2,(H2,10,12)/t6-,7?,8?/m1/s1. The summed E-state index contributed by atoms with van der Waals surface area (Å²) in [4.78, 5) is 9.81. The zero-order chi connectivity index (χ0) is 11.1. The smallest absolute Gasteiger partial charge is 0.219 e. The summed E-state index contributed by atoms with van der Waals surface area (Å²) in [5, 5.41) is 8.94. The Hall–Kier alpha value is -1.60. The minimum absolute atomic E-state index is 0.0882. The Morgan fingerprint density at radius 1 is 1.62 bits per heavy atom. The van der Waals surface area contributed by atoms with Gasteiger partial charge in [0.25, 0.3) is 0 Å². The monoisotopic (exact) mass is 224 g/mol. The summed E-state index contributed by atoms with van der Waals surface area (Å²) in [6, 6.07) is 0. The molecule has 86 valence electrons. The van der Waals surface area contributed by atoms with Crippen LogP contribution in [0.3, 0.4) is 0 Å². The molecular weight excluding hydrogens is 212 g/mol. The van der Waals surface area contributed by atoms with Gasteiger partial charge in [-0.25, -0.2) is 9.98 Å². The van der Waals surface area contributed by atoms with Crippen molar-refractivity contribution in [1.82, 2.24) is 4.90 Å². The van der Waals surface area contributed by atoms with Gasteiger partial charge >= 0.3 is 0 Å². The number of nitrogens with zero attached hydrogens (tertiary/aromatic N) is 3. The highest BCUT2D eigenvalue weighted by molar-refractivity contribution is 5.87. The van der Waals surface area contributed by atoms with Gasteiger partial charge in [0, 0.05) is 6.42 Å². The Morgan fingerprint density at radius 2 is 2.50 bits per heavy atom. The number of fused-ring (bicyclic) bond motifs is 1. The molecule has 0 radical (unpaired) electrons. The van der Waals surface area contributed by atoms with Crippen LogP contribution >= 0.6 is 0 Å². The van der Waals surface area contributed by atoms with Gasteiger partial charge in [0.15, 0.2) is 18.7 Å². The number of hydrogen-bond acceptors (Lipinski definition) is 7. The summed E-state index contributed by atoms with van der Waals surface area (Å²) < 4.78 is 10.8. The van der Waals surface area contributed by atoms with Crippen LogP contribution in [0.1, 0.15) is 6.42 Å². The molecule has 0 aromatic rings. The van der Waals surface area contributed by atoms with Crippen LogP contribution < -0.4 is 5.73 Å². The molecular formula is C9H12N4O3. The fourth-order valence-electron chi connectivity index (χ4n) is 1.79. The van der Waals surface area contributed by atoms with Crippen LogP contribution in [0.15, 0.2) is 21.8 Å². The van der Waals surface area contributed by atoms with E-state index in [1.807, 2.05) is 11.0 Å². The highest BCUT2D eigenvalue weighted by Gasteiger charge is 2.48. The third kappa shape index (κ3) is 1.54. The summed E-state index contributed by atoms with van der Waals surface area (Å²) in [6.07, 6.45) is 3.53. The number of rotatable bonds is 2. The molecule has 16 heavy (non-hydrogen) atoms. The summed E-state index contributed by atoms with van der Waals surface area (Å²) in [6.45, 7) is -0.0882. The van der Waals surface area contributed by atoms with Gasteiger partial charge in [0.1, 0.15) is 12.4 Å². The van der Waals surface area contributed by atoms with Gasteiger partial charge in [-0.1, -0.05) is 0 Å². The highest BCUT2D eigenvalue weighted by Crippen LogP contribution is 2.32. The Kier molecular flexibility index (Phi) is 2.08. The van der Waals surface area contributed by atoms with Gasteiger partial charge in [0.05, 0.1) is 6.34 Å². The van der Waals surface area contributed by atoms with Gasteiger partial charge in [-0.05, 0) is 6.08 Å². The molecule has 3 atom stereocenters. The number of aliphatic imine (C=N–C) groups is 2. The second kappa shape index (κ2) is 3.46. The van der Waals surface area contributed by atoms with Crippen LogP contribution in [-0.2, 0) is 9.47 Å². The first-order valence-corrected chi connectivity index (χ1v) is 5.05. The van der Waals surface area contributed by atoms with Crippen LogP contribution in [0.4, 0.5) is 0 Å². The largest absolute Gasteiger partial charge is 0.472 e. The second-order valence-electron chi connectivity index (χ2n) is 3.73. The van der Waals surface area contributed by atoms with Crippen LogP contribution in [0.5, 0.6) is 0 Å². The quantitative estimate of drug-likeness (QED) is 0.583. The number of guanidine groups is 1. The van der Waals surface area contributed by atoms with Crippen molar-refractivity contribution in [2.24, 2.45) is 15.7 Å². The van der Waals surface area contributed by atoms with E-state index < -0.39 is 0 Å². The molecule has 3 heterocycles. The van der Waals surface area contributed by atoms with Crippen LogP contribution in [0.25, 0.3) is 0 Å². The van der Waals surface area contributed by atoms with Gasteiger partial charge in [0.2, 0.25) is 5.96 Å². The zero-order valence-electron chi connectivity index (χ0n) is 8.48. The maximum Gasteiger partial charge on any atom is 0.219 e. The minimum Gasteiger partial charge on any atom is -0.472 e. The molecule has 7 nitrogen and oxygen atoms in total. The molecule has 0 aromatic heterocycles. The van der Waals surface area contributed by atoms with Gasteiger partial charge in [-0.2, -0.15) is 0 Å². The van der Waals surface area contributed by atoms with Crippen LogP contribution in [0, 0.1) is 0 Å². The van der Waals surface area contributed by atoms with Gasteiger partial charge in [-0.15, -0.1) is 0 Å². The van der Waals surface area contributed by atoms with Crippen molar-refractivity contribution in [3.8, 4) is 0 Å². The topological polar surface area (TPSA) is 96.0 Å². The molecule has 0 amide bonds. The summed E-state index contributed by atoms with van der Waals surface area (Å²) in [7, 11) is 0. The predicted molar refractivity (Wildman–Crippen MR) is 55.3 cm³/mol. The molecule has 0 spiro atoms. The Morgan fingerprint density at radius 3 is 3.25 bits per heavy atom. The van der Waals surface area contributed by atoms with Crippen LogP contribution in [-0.4, -0.2) is 47.6 Å². The lowest BCUT2D eigenvalue weighted by Crippen LogP contribution is -2.37. The molecule has 1 fully saturated rings. The number of epoxide rings is 1. The van der Waals surface area contributed by atoms with E-state index in [9.17, 15) is 0 Å². The third-order valence-electron chi connectivity index (χ3n) is 2.65. The van der Waals surface area contributed by atoms with Gasteiger partial charge in [-0.3, -0.25) is 4.90 Å².